The third-order valence-electron chi connectivity index (χ3n) is 4.79. The van der Waals surface area contributed by atoms with Gasteiger partial charge in [-0.15, -0.1) is 0 Å². The predicted octanol–water partition coefficient (Wildman–Crippen LogP) is 3.80. The number of ether oxygens (including phenoxy) is 1. The topological polar surface area (TPSA) is 91.3 Å². The van der Waals surface area contributed by atoms with E-state index in [-0.39, 0.29) is 48.4 Å². The van der Waals surface area contributed by atoms with Gasteiger partial charge in [0.2, 0.25) is 0 Å². The molecule has 8 nitrogen and oxygen atoms in total. The highest BCUT2D eigenvalue weighted by Gasteiger charge is 2.31. The molecule has 0 amide bonds. The van der Waals surface area contributed by atoms with Gasteiger partial charge in [0.25, 0.3) is 5.56 Å². The molecular weight excluding hydrogens is 544 g/mol. The predicted molar refractivity (Wildman–Crippen MR) is 120 cm³/mol. The molecule has 0 spiro atoms. The molecule has 0 saturated heterocycles. The van der Waals surface area contributed by atoms with Gasteiger partial charge in [0.15, 0.2) is 11.2 Å². The zero-order valence-corrected chi connectivity index (χ0v) is 19.6. The van der Waals surface area contributed by atoms with Gasteiger partial charge in [-0.05, 0) is 37.0 Å². The first-order valence-electron chi connectivity index (χ1n) is 9.92. The summed E-state index contributed by atoms with van der Waals surface area (Å²) in [6, 6.07) is 4.27. The fourth-order valence-electron chi connectivity index (χ4n) is 3.12. The number of fused-ring (bicyclic) bond motifs is 1. The van der Waals surface area contributed by atoms with Gasteiger partial charge in [0.05, 0.1) is 28.4 Å². The Morgan fingerprint density at radius 2 is 1.91 bits per heavy atom. The van der Waals surface area contributed by atoms with Crippen LogP contribution in [0.15, 0.2) is 33.9 Å². The molecule has 3 rings (SSSR count). The number of imidazole rings is 1. The maximum Gasteiger partial charge on any atom is 0.416 e. The van der Waals surface area contributed by atoms with Crippen LogP contribution in [0.5, 0.6) is 11.8 Å². The number of halogens is 4. The van der Waals surface area contributed by atoms with Crippen molar-refractivity contribution in [2.75, 3.05) is 6.61 Å². The molecule has 2 aromatic heterocycles. The molecule has 3 aromatic rings. The monoisotopic (exact) mass is 566 g/mol. The molecule has 32 heavy (non-hydrogen) atoms. The van der Waals surface area contributed by atoms with Gasteiger partial charge in [0.1, 0.15) is 5.75 Å². The summed E-state index contributed by atoms with van der Waals surface area (Å²) in [5, 5.41) is 9.10. The summed E-state index contributed by atoms with van der Waals surface area (Å²) < 4.78 is 48.6. The van der Waals surface area contributed by atoms with Crippen molar-refractivity contribution in [1.82, 2.24) is 16.9 Å². The van der Waals surface area contributed by atoms with Crippen LogP contribution >= 0.6 is 22.9 Å². The van der Waals surface area contributed by atoms with Gasteiger partial charge < -0.3 is 9.84 Å². The van der Waals surface area contributed by atoms with Crippen LogP contribution in [-0.2, 0) is 19.3 Å². The minimum absolute atomic E-state index is 0.0201. The summed E-state index contributed by atoms with van der Waals surface area (Å²) in [5.41, 5.74) is -1.92. The molecular formula is C20H22F3IN4O4. The van der Waals surface area contributed by atoms with E-state index in [1.807, 2.05) is 13.8 Å². The average molecular weight is 566 g/mol. The Bertz CT molecular complexity index is 1230. The van der Waals surface area contributed by atoms with Crippen molar-refractivity contribution >= 4 is 34.0 Å². The highest BCUT2D eigenvalue weighted by Crippen LogP contribution is 2.33. The number of rotatable bonds is 8. The number of alkyl halides is 3. The summed E-state index contributed by atoms with van der Waals surface area (Å²) in [6.07, 6.45) is -3.69. The van der Waals surface area contributed by atoms with Crippen molar-refractivity contribution in [3.63, 3.8) is 0 Å². The number of benzene rings is 1. The van der Waals surface area contributed by atoms with Gasteiger partial charge >= 0.3 is 17.9 Å². The van der Waals surface area contributed by atoms with Crippen molar-refractivity contribution in [2.45, 2.75) is 46.0 Å². The van der Waals surface area contributed by atoms with E-state index >= 15 is 0 Å². The molecule has 0 aliphatic heterocycles. The summed E-state index contributed by atoms with van der Waals surface area (Å²) in [4.78, 5) is 30.0. The number of aliphatic hydroxyl groups is 1. The molecule has 0 unspecified atom stereocenters. The lowest BCUT2D eigenvalue weighted by Gasteiger charge is -2.13. The molecule has 0 aliphatic carbocycles. The molecule has 0 saturated carbocycles. The molecule has 0 bridgehead atoms. The third-order valence-corrected chi connectivity index (χ3v) is 5.66. The largest absolute Gasteiger partial charge is 0.425 e. The normalized spacial score (nSPS) is 12.1. The average Bonchev–Trinajstić information content (AvgIpc) is 3.08. The quantitative estimate of drug-likeness (QED) is 0.419. The Morgan fingerprint density at radius 3 is 2.53 bits per heavy atom. The van der Waals surface area contributed by atoms with Crippen molar-refractivity contribution in [2.24, 2.45) is 5.92 Å². The molecule has 0 atom stereocenters. The molecule has 174 valence electrons. The van der Waals surface area contributed by atoms with E-state index in [1.165, 1.54) is 16.7 Å². The van der Waals surface area contributed by atoms with Crippen LogP contribution in [-0.4, -0.2) is 28.6 Å². The second-order valence-electron chi connectivity index (χ2n) is 7.63. The van der Waals surface area contributed by atoms with E-state index in [0.717, 1.165) is 19.5 Å². The van der Waals surface area contributed by atoms with Crippen LogP contribution in [0.4, 0.5) is 13.2 Å². The van der Waals surface area contributed by atoms with E-state index in [1.54, 1.807) is 22.9 Å². The Hall–Kier alpha value is -2.35. The van der Waals surface area contributed by atoms with Gasteiger partial charge in [-0.25, -0.2) is 7.58 Å². The third kappa shape index (κ3) is 5.00. The van der Waals surface area contributed by atoms with Gasteiger partial charge in [-0.2, -0.15) is 18.2 Å². The van der Waals surface area contributed by atoms with E-state index in [2.05, 4.69) is 4.98 Å². The molecule has 0 aliphatic rings. The second kappa shape index (κ2) is 9.65. The lowest BCUT2D eigenvalue weighted by Crippen LogP contribution is -2.38. The fourth-order valence-corrected chi connectivity index (χ4v) is 3.72. The molecule has 0 radical (unpaired) electrons. The van der Waals surface area contributed by atoms with Crippen molar-refractivity contribution in [3.8, 4) is 11.8 Å². The minimum Gasteiger partial charge on any atom is -0.425 e. The fraction of sp³-hybridized carbons (Fsp3) is 0.450. The SMILES string of the molecule is CC(C)CCn1c(Oc2cccc(C(F)(F)F)c2)nc2c1c(=O)n(CCCO)c(=O)n2I. The van der Waals surface area contributed by atoms with E-state index < -0.39 is 23.0 Å². The Morgan fingerprint density at radius 1 is 1.19 bits per heavy atom. The first-order chi connectivity index (χ1) is 15.0. The maximum atomic E-state index is 13.1. The van der Waals surface area contributed by atoms with E-state index in [4.69, 9.17) is 9.84 Å². The zero-order chi connectivity index (χ0) is 23.6. The highest BCUT2D eigenvalue weighted by atomic mass is 127. The van der Waals surface area contributed by atoms with Crippen molar-refractivity contribution < 1.29 is 23.0 Å². The first kappa shape index (κ1) is 24.3. The van der Waals surface area contributed by atoms with Crippen LogP contribution in [0.1, 0.15) is 32.3 Å². The minimum atomic E-state index is -4.54. The summed E-state index contributed by atoms with van der Waals surface area (Å²) >= 11 is 1.72. The van der Waals surface area contributed by atoms with Gasteiger partial charge in [-0.1, -0.05) is 19.9 Å². The Kier molecular flexibility index (Phi) is 7.32. The number of nitrogens with zero attached hydrogens (tertiary/aromatic N) is 4. The Balaban J connectivity index is 2.18. The molecule has 0 fully saturated rings. The van der Waals surface area contributed by atoms with Crippen LogP contribution in [0, 0.1) is 5.92 Å². The summed E-state index contributed by atoms with van der Waals surface area (Å²) in [5.74, 6) is 0.167. The zero-order valence-electron chi connectivity index (χ0n) is 17.4. The number of hydrogen-bond acceptors (Lipinski definition) is 5. The standard InChI is InChI=1S/C20H22F3IN4O4/c1-12(2)7-9-26-15-16(28(24)19(31)27(17(15)30)8-4-10-29)25-18(26)32-14-6-3-5-13(11-14)20(21,22)23/h3,5-6,11-12,29H,4,7-10H2,1-2H3. The first-order valence-corrected chi connectivity index (χ1v) is 10.9. The molecule has 1 aromatic carbocycles. The molecule has 2 heterocycles. The molecule has 12 heteroatoms. The number of hydrogen-bond donors (Lipinski definition) is 1. The summed E-state index contributed by atoms with van der Waals surface area (Å²) in [6.45, 7) is 4.11. The van der Waals surface area contributed by atoms with Crippen LogP contribution in [0.3, 0.4) is 0 Å². The highest BCUT2D eigenvalue weighted by molar-refractivity contribution is 14.1. The van der Waals surface area contributed by atoms with Gasteiger partial charge in [-0.3, -0.25) is 13.9 Å². The lowest BCUT2D eigenvalue weighted by molar-refractivity contribution is -0.137. The van der Waals surface area contributed by atoms with Crippen LogP contribution in [0.25, 0.3) is 11.2 Å². The number of aryl methyl sites for hydroxylation is 1. The number of aromatic nitrogens is 4. The van der Waals surface area contributed by atoms with Crippen molar-refractivity contribution in [3.05, 3.63) is 50.7 Å². The number of aliphatic hydroxyl groups excluding tert-OH is 1. The van der Waals surface area contributed by atoms with Crippen LogP contribution < -0.4 is 16.0 Å². The summed E-state index contributed by atoms with van der Waals surface area (Å²) in [7, 11) is 0. The van der Waals surface area contributed by atoms with E-state index in [0.29, 0.717) is 13.0 Å². The smallest absolute Gasteiger partial charge is 0.416 e. The van der Waals surface area contributed by atoms with Crippen molar-refractivity contribution in [1.29, 1.82) is 0 Å². The van der Waals surface area contributed by atoms with Crippen LogP contribution in [0.2, 0.25) is 0 Å². The second-order valence-corrected chi connectivity index (χ2v) is 8.59. The molecule has 1 N–H and O–H groups in total. The van der Waals surface area contributed by atoms with Gasteiger partial charge in [0, 0.05) is 19.7 Å². The van der Waals surface area contributed by atoms with E-state index in [9.17, 15) is 22.8 Å². The maximum absolute atomic E-state index is 13.1. The Labute approximate surface area is 194 Å². The lowest BCUT2D eigenvalue weighted by atomic mass is 10.1.